The molecule has 0 bridgehead atoms. The first-order chi connectivity index (χ1) is 12.7. The van der Waals surface area contributed by atoms with E-state index in [0.717, 1.165) is 0 Å². The lowest BCUT2D eigenvalue weighted by molar-refractivity contribution is 0.0734. The average Bonchev–Trinajstić information content (AvgIpc) is 2.69. The van der Waals surface area contributed by atoms with E-state index in [1.807, 2.05) is 6.07 Å². The molecule has 6 heteroatoms. The number of rotatable bonds is 5. The normalized spacial score (nSPS) is 10.5. The number of hydrogen-bond acceptors (Lipinski definition) is 5. The van der Waals surface area contributed by atoms with Crippen molar-refractivity contribution in [2.45, 2.75) is 0 Å². The lowest BCUT2D eigenvalue weighted by Gasteiger charge is -2.05. The maximum atomic E-state index is 12.1. The molecular formula is C20H15N3O3. The molecule has 0 aliphatic heterocycles. The van der Waals surface area contributed by atoms with Gasteiger partial charge in [0.05, 0.1) is 11.8 Å². The van der Waals surface area contributed by atoms with Gasteiger partial charge in [0.1, 0.15) is 5.75 Å². The van der Waals surface area contributed by atoms with Gasteiger partial charge in [0.25, 0.3) is 5.91 Å². The molecule has 1 amide bonds. The van der Waals surface area contributed by atoms with Gasteiger partial charge in [-0.1, -0.05) is 30.3 Å². The Balaban J connectivity index is 1.62. The van der Waals surface area contributed by atoms with E-state index >= 15 is 0 Å². The van der Waals surface area contributed by atoms with Crippen LogP contribution < -0.4 is 10.2 Å². The first-order valence-electron chi connectivity index (χ1n) is 7.83. The summed E-state index contributed by atoms with van der Waals surface area (Å²) in [6.45, 7) is 0. The fourth-order valence-corrected chi connectivity index (χ4v) is 2.13. The number of carbonyl (C=O) groups excluding carboxylic acids is 2. The van der Waals surface area contributed by atoms with Crippen LogP contribution in [0, 0.1) is 0 Å². The summed E-state index contributed by atoms with van der Waals surface area (Å²) in [6, 6.07) is 18.8. The van der Waals surface area contributed by atoms with Crippen molar-refractivity contribution >= 4 is 18.1 Å². The van der Waals surface area contributed by atoms with Crippen LogP contribution in [-0.2, 0) is 0 Å². The highest BCUT2D eigenvalue weighted by Gasteiger charge is 2.07. The highest BCUT2D eigenvalue weighted by molar-refractivity contribution is 5.94. The van der Waals surface area contributed by atoms with Crippen LogP contribution >= 0.6 is 0 Å². The van der Waals surface area contributed by atoms with Gasteiger partial charge < -0.3 is 4.74 Å². The zero-order valence-corrected chi connectivity index (χ0v) is 13.7. The minimum Gasteiger partial charge on any atom is -0.423 e. The van der Waals surface area contributed by atoms with Gasteiger partial charge in [0.15, 0.2) is 0 Å². The largest absolute Gasteiger partial charge is 0.423 e. The zero-order valence-electron chi connectivity index (χ0n) is 13.7. The molecule has 3 aromatic rings. The van der Waals surface area contributed by atoms with Gasteiger partial charge in [-0.2, -0.15) is 5.10 Å². The molecule has 1 N–H and O–H groups in total. The molecule has 1 heterocycles. The Labute approximate surface area is 150 Å². The number of pyridine rings is 1. The first kappa shape index (κ1) is 17.0. The molecule has 6 nitrogen and oxygen atoms in total. The molecular weight excluding hydrogens is 330 g/mol. The Bertz CT molecular complexity index is 925. The second-order valence-corrected chi connectivity index (χ2v) is 5.26. The summed E-state index contributed by atoms with van der Waals surface area (Å²) in [6.07, 6.45) is 4.53. The Morgan fingerprint density at radius 1 is 0.923 bits per heavy atom. The predicted molar refractivity (Wildman–Crippen MR) is 97.1 cm³/mol. The van der Waals surface area contributed by atoms with Crippen LogP contribution in [0.2, 0.25) is 0 Å². The molecule has 26 heavy (non-hydrogen) atoms. The summed E-state index contributed by atoms with van der Waals surface area (Å²) < 4.78 is 5.34. The van der Waals surface area contributed by atoms with Gasteiger partial charge in [-0.3, -0.25) is 9.78 Å². The fraction of sp³-hybridized carbons (Fsp3) is 0. The number of carbonyl (C=O) groups is 2. The summed E-state index contributed by atoms with van der Waals surface area (Å²) in [5, 5.41) is 3.91. The molecule has 0 radical (unpaired) electrons. The van der Waals surface area contributed by atoms with E-state index in [0.29, 0.717) is 22.4 Å². The summed E-state index contributed by atoms with van der Waals surface area (Å²) in [4.78, 5) is 27.8. The summed E-state index contributed by atoms with van der Waals surface area (Å²) >= 11 is 0. The van der Waals surface area contributed by atoms with Crippen LogP contribution in [0.3, 0.4) is 0 Å². The van der Waals surface area contributed by atoms with Gasteiger partial charge in [-0.15, -0.1) is 0 Å². The maximum Gasteiger partial charge on any atom is 0.343 e. The van der Waals surface area contributed by atoms with Crippen molar-refractivity contribution in [1.82, 2.24) is 10.4 Å². The van der Waals surface area contributed by atoms with Gasteiger partial charge in [-0.25, -0.2) is 10.2 Å². The first-order valence-corrected chi connectivity index (χ1v) is 7.83. The number of aromatic nitrogens is 1. The van der Waals surface area contributed by atoms with E-state index in [2.05, 4.69) is 15.5 Å². The topological polar surface area (TPSA) is 80.6 Å². The minimum absolute atomic E-state index is 0.338. The van der Waals surface area contributed by atoms with E-state index in [4.69, 9.17) is 4.74 Å². The molecule has 0 saturated heterocycles. The molecule has 2 aromatic carbocycles. The van der Waals surface area contributed by atoms with Crippen LogP contribution in [0.1, 0.15) is 26.3 Å². The lowest BCUT2D eigenvalue weighted by atomic mass is 10.2. The number of hydrogen-bond donors (Lipinski definition) is 1. The van der Waals surface area contributed by atoms with Crippen molar-refractivity contribution in [2.75, 3.05) is 0 Å². The van der Waals surface area contributed by atoms with E-state index in [1.54, 1.807) is 60.7 Å². The Morgan fingerprint density at radius 3 is 2.46 bits per heavy atom. The number of hydrazone groups is 1. The Hall–Kier alpha value is -3.80. The molecule has 0 atom stereocenters. The number of amides is 1. The molecule has 0 saturated carbocycles. The quantitative estimate of drug-likeness (QED) is 0.333. The highest BCUT2D eigenvalue weighted by atomic mass is 16.5. The van der Waals surface area contributed by atoms with Crippen LogP contribution in [-0.4, -0.2) is 23.1 Å². The SMILES string of the molecule is O=C(N/N=C/c1cccc(OC(=O)c2ccccc2)c1)c1ccncc1. The minimum atomic E-state index is -0.439. The number of ether oxygens (including phenoxy) is 1. The van der Waals surface area contributed by atoms with Crippen molar-refractivity contribution in [3.05, 3.63) is 95.8 Å². The number of nitrogens with zero attached hydrogens (tertiary/aromatic N) is 2. The third-order valence-electron chi connectivity index (χ3n) is 3.40. The van der Waals surface area contributed by atoms with Crippen LogP contribution in [0.15, 0.2) is 84.2 Å². The van der Waals surface area contributed by atoms with Crippen LogP contribution in [0.5, 0.6) is 5.75 Å². The zero-order chi connectivity index (χ0) is 18.2. The van der Waals surface area contributed by atoms with Gasteiger partial charge in [-0.05, 0) is 42.0 Å². The van der Waals surface area contributed by atoms with Gasteiger partial charge in [0.2, 0.25) is 0 Å². The molecule has 0 spiro atoms. The number of nitrogens with one attached hydrogen (secondary N) is 1. The van der Waals surface area contributed by atoms with Crippen LogP contribution in [0.4, 0.5) is 0 Å². The number of esters is 1. The molecule has 0 aliphatic carbocycles. The lowest BCUT2D eigenvalue weighted by Crippen LogP contribution is -2.17. The average molecular weight is 345 g/mol. The summed E-state index contributed by atoms with van der Waals surface area (Å²) in [5.41, 5.74) is 4.04. The molecule has 0 unspecified atom stereocenters. The monoisotopic (exact) mass is 345 g/mol. The third kappa shape index (κ3) is 4.61. The Kier molecular flexibility index (Phi) is 5.47. The van der Waals surface area contributed by atoms with E-state index in [9.17, 15) is 9.59 Å². The second-order valence-electron chi connectivity index (χ2n) is 5.26. The van der Waals surface area contributed by atoms with Crippen molar-refractivity contribution in [1.29, 1.82) is 0 Å². The standard InChI is InChI=1S/C20H15N3O3/c24-19(16-9-11-21-12-10-16)23-22-14-15-5-4-8-18(13-15)26-20(25)17-6-2-1-3-7-17/h1-14H,(H,23,24)/b22-14+. The highest BCUT2D eigenvalue weighted by Crippen LogP contribution is 2.14. The fourth-order valence-electron chi connectivity index (χ4n) is 2.13. The predicted octanol–water partition coefficient (Wildman–Crippen LogP) is 3.06. The van der Waals surface area contributed by atoms with Crippen molar-refractivity contribution < 1.29 is 14.3 Å². The van der Waals surface area contributed by atoms with Crippen molar-refractivity contribution in [3.63, 3.8) is 0 Å². The van der Waals surface area contributed by atoms with Gasteiger partial charge >= 0.3 is 5.97 Å². The van der Waals surface area contributed by atoms with E-state index in [1.165, 1.54) is 18.6 Å². The summed E-state index contributed by atoms with van der Waals surface area (Å²) in [5.74, 6) is -0.385. The molecule has 0 aliphatic rings. The number of benzene rings is 2. The summed E-state index contributed by atoms with van der Waals surface area (Å²) in [7, 11) is 0. The molecule has 3 rings (SSSR count). The smallest absolute Gasteiger partial charge is 0.343 e. The molecule has 0 fully saturated rings. The third-order valence-corrected chi connectivity index (χ3v) is 3.40. The van der Waals surface area contributed by atoms with Crippen LogP contribution in [0.25, 0.3) is 0 Å². The van der Waals surface area contributed by atoms with Gasteiger partial charge in [0, 0.05) is 18.0 Å². The van der Waals surface area contributed by atoms with Crippen molar-refractivity contribution in [3.8, 4) is 5.75 Å². The van der Waals surface area contributed by atoms with Crippen molar-refractivity contribution in [2.24, 2.45) is 5.10 Å². The Morgan fingerprint density at radius 2 is 1.69 bits per heavy atom. The second kappa shape index (κ2) is 8.34. The maximum absolute atomic E-state index is 12.1. The molecule has 128 valence electrons. The van der Waals surface area contributed by atoms with E-state index in [-0.39, 0.29) is 5.91 Å². The van der Waals surface area contributed by atoms with E-state index < -0.39 is 5.97 Å². The molecule has 1 aromatic heterocycles.